The molecule has 0 atom stereocenters. The summed E-state index contributed by atoms with van der Waals surface area (Å²) in [4.78, 5) is 35.6. The summed E-state index contributed by atoms with van der Waals surface area (Å²) in [5, 5.41) is 0. The number of rotatable bonds is 10. The smallest absolute Gasteiger partial charge is 0.298 e. The molecule has 0 unspecified atom stereocenters. The van der Waals surface area contributed by atoms with E-state index in [0.29, 0.717) is 25.1 Å². The summed E-state index contributed by atoms with van der Waals surface area (Å²) in [6, 6.07) is 27.6. The summed E-state index contributed by atoms with van der Waals surface area (Å²) in [6.45, 7) is 2.51. The van der Waals surface area contributed by atoms with Crippen LogP contribution < -0.4 is 9.76 Å². The van der Waals surface area contributed by atoms with Crippen LogP contribution in [0.15, 0.2) is 89.7 Å². The van der Waals surface area contributed by atoms with Crippen molar-refractivity contribution in [3.05, 3.63) is 100 Å². The van der Waals surface area contributed by atoms with Gasteiger partial charge in [-0.05, 0) is 48.1 Å². The molecule has 0 amide bonds. The van der Waals surface area contributed by atoms with Crippen molar-refractivity contribution in [3.8, 4) is 27.4 Å². The van der Waals surface area contributed by atoms with Gasteiger partial charge in [0.05, 0.1) is 10.6 Å². The highest BCUT2D eigenvalue weighted by molar-refractivity contribution is 7.13. The molecule has 0 saturated carbocycles. The van der Waals surface area contributed by atoms with Crippen molar-refractivity contribution in [2.75, 3.05) is 0 Å². The third kappa shape index (κ3) is 5.83. The average Bonchev–Trinajstić information content (AvgIpc) is 3.20. The van der Waals surface area contributed by atoms with Crippen molar-refractivity contribution in [1.29, 1.82) is 0 Å². The number of aromatic nitrogens is 1. The zero-order valence-electron chi connectivity index (χ0n) is 19.1. The molecule has 4 aromatic rings. The number of carbonyl (C=O) groups excluding carboxylic acids is 1. The molecule has 1 aromatic heterocycles. The highest BCUT2D eigenvalue weighted by Crippen LogP contribution is 2.34. The van der Waals surface area contributed by atoms with E-state index in [2.05, 4.69) is 0 Å². The Morgan fingerprint density at radius 1 is 0.912 bits per heavy atom. The Balaban J connectivity index is 1.51. The van der Waals surface area contributed by atoms with Gasteiger partial charge in [-0.15, -0.1) is 0 Å². The van der Waals surface area contributed by atoms with E-state index in [-0.39, 0.29) is 10.8 Å². The van der Waals surface area contributed by atoms with Gasteiger partial charge in [0, 0.05) is 13.0 Å². The van der Waals surface area contributed by atoms with Crippen molar-refractivity contribution >= 4 is 17.3 Å². The van der Waals surface area contributed by atoms with Crippen molar-refractivity contribution in [2.45, 2.75) is 39.2 Å². The Morgan fingerprint density at radius 3 is 2.32 bits per heavy atom. The number of benzene rings is 3. The maximum absolute atomic E-state index is 13.0. The van der Waals surface area contributed by atoms with Crippen molar-refractivity contribution in [2.24, 2.45) is 0 Å². The molecule has 0 radical (unpaired) electrons. The number of carbonyl (C=O) groups is 1. The molecule has 174 valence electrons. The van der Waals surface area contributed by atoms with Gasteiger partial charge in [-0.2, -0.15) is 0 Å². The van der Waals surface area contributed by atoms with Crippen LogP contribution in [0, 0.1) is 0 Å². The van der Waals surface area contributed by atoms with Gasteiger partial charge in [-0.3, -0.25) is 19.1 Å². The van der Waals surface area contributed by atoms with Crippen LogP contribution in [0.25, 0.3) is 21.7 Å². The molecule has 1 heterocycles. The Hall–Kier alpha value is -3.64. The van der Waals surface area contributed by atoms with Crippen LogP contribution in [0.1, 0.15) is 31.7 Å². The third-order valence-corrected chi connectivity index (χ3v) is 6.44. The fourth-order valence-electron chi connectivity index (χ4n) is 3.81. The summed E-state index contributed by atoms with van der Waals surface area (Å²) >= 11 is 1.29. The van der Waals surface area contributed by atoms with Gasteiger partial charge < -0.3 is 0 Å². The lowest BCUT2D eigenvalue weighted by atomic mass is 10.1. The van der Waals surface area contributed by atoms with Crippen molar-refractivity contribution in [3.63, 3.8) is 0 Å². The van der Waals surface area contributed by atoms with Crippen LogP contribution in [0.3, 0.4) is 0 Å². The van der Waals surface area contributed by atoms with Crippen molar-refractivity contribution < 1.29 is 14.6 Å². The SMILES string of the molecule is CCCC(=O)OOc1cccc(CCCn2c(-c3ccccc3)c(-c3ccccc3)sc2=O)c1. The molecular weight excluding hydrogens is 446 g/mol. The van der Waals surface area contributed by atoms with Crippen LogP contribution in [0.2, 0.25) is 0 Å². The molecule has 0 fully saturated rings. The molecule has 3 aromatic carbocycles. The van der Waals surface area contributed by atoms with E-state index in [0.717, 1.165) is 40.1 Å². The number of hydrogen-bond donors (Lipinski definition) is 0. The van der Waals surface area contributed by atoms with Gasteiger partial charge in [0.25, 0.3) is 0 Å². The number of nitrogens with zero attached hydrogens (tertiary/aromatic N) is 1. The molecule has 5 nitrogen and oxygen atoms in total. The minimum Gasteiger partial charge on any atom is -0.298 e. The average molecular weight is 474 g/mol. The second-order valence-electron chi connectivity index (χ2n) is 7.97. The third-order valence-electron chi connectivity index (χ3n) is 5.41. The number of hydrogen-bond acceptors (Lipinski definition) is 5. The van der Waals surface area contributed by atoms with E-state index >= 15 is 0 Å². The Bertz CT molecular complexity index is 1280. The predicted molar refractivity (Wildman–Crippen MR) is 136 cm³/mol. The second kappa shape index (κ2) is 11.5. The summed E-state index contributed by atoms with van der Waals surface area (Å²) in [7, 11) is 0. The zero-order chi connectivity index (χ0) is 23.8. The molecule has 0 aliphatic carbocycles. The first-order valence-corrected chi connectivity index (χ1v) is 12.3. The van der Waals surface area contributed by atoms with Crippen LogP contribution >= 0.6 is 11.3 Å². The Labute approximate surface area is 203 Å². The minimum absolute atomic E-state index is 0.0395. The van der Waals surface area contributed by atoms with Gasteiger partial charge in [0.15, 0.2) is 5.75 Å². The van der Waals surface area contributed by atoms with E-state index in [4.69, 9.17) is 9.78 Å². The lowest BCUT2D eigenvalue weighted by Crippen LogP contribution is -2.15. The van der Waals surface area contributed by atoms with Gasteiger partial charge in [-0.25, -0.2) is 4.79 Å². The number of thiazole rings is 1. The van der Waals surface area contributed by atoms with Gasteiger partial charge in [-0.1, -0.05) is 91.1 Å². The van der Waals surface area contributed by atoms with Crippen LogP contribution in [0.5, 0.6) is 5.75 Å². The summed E-state index contributed by atoms with van der Waals surface area (Å²) in [6.07, 6.45) is 2.58. The van der Waals surface area contributed by atoms with E-state index < -0.39 is 0 Å². The fraction of sp³-hybridized carbons (Fsp3) is 0.214. The van der Waals surface area contributed by atoms with Crippen LogP contribution in [-0.2, 0) is 22.6 Å². The van der Waals surface area contributed by atoms with E-state index in [9.17, 15) is 9.59 Å². The molecule has 0 aliphatic rings. The van der Waals surface area contributed by atoms with Gasteiger partial charge in [0.2, 0.25) is 0 Å². The Kier molecular flexibility index (Phi) is 7.94. The molecule has 0 spiro atoms. The molecule has 0 aliphatic heterocycles. The second-order valence-corrected chi connectivity index (χ2v) is 8.93. The molecule has 0 saturated heterocycles. The number of aryl methyl sites for hydroxylation is 1. The summed E-state index contributed by atoms with van der Waals surface area (Å²) < 4.78 is 1.88. The van der Waals surface area contributed by atoms with E-state index in [1.807, 2.05) is 90.4 Å². The minimum atomic E-state index is -0.382. The molecule has 34 heavy (non-hydrogen) atoms. The topological polar surface area (TPSA) is 57.5 Å². The quantitative estimate of drug-likeness (QED) is 0.194. The van der Waals surface area contributed by atoms with Crippen molar-refractivity contribution in [1.82, 2.24) is 4.57 Å². The van der Waals surface area contributed by atoms with E-state index in [1.165, 1.54) is 11.3 Å². The molecule has 0 N–H and O–H groups in total. The largest absolute Gasteiger partial charge is 0.355 e. The monoisotopic (exact) mass is 473 g/mol. The van der Waals surface area contributed by atoms with Gasteiger partial charge in [0.1, 0.15) is 0 Å². The zero-order valence-corrected chi connectivity index (χ0v) is 19.9. The fourth-order valence-corrected chi connectivity index (χ4v) is 4.86. The standard InChI is InChI=1S/C28H27NO4S/c1-2-11-25(30)33-32-24-18-9-12-21(20-24)13-10-19-29-26(22-14-5-3-6-15-22)27(34-28(29)31)23-16-7-4-8-17-23/h3-9,12,14-18,20H,2,10-11,13,19H2,1H3. The summed E-state index contributed by atoms with van der Waals surface area (Å²) in [5.74, 6) is 0.110. The maximum Gasteiger partial charge on any atom is 0.355 e. The Morgan fingerprint density at radius 2 is 1.62 bits per heavy atom. The normalized spacial score (nSPS) is 10.7. The lowest BCUT2D eigenvalue weighted by molar-refractivity contribution is -0.213. The van der Waals surface area contributed by atoms with Gasteiger partial charge >= 0.3 is 10.8 Å². The summed E-state index contributed by atoms with van der Waals surface area (Å²) in [5.41, 5.74) is 4.09. The lowest BCUT2D eigenvalue weighted by Gasteiger charge is -2.11. The molecule has 6 heteroatoms. The van der Waals surface area contributed by atoms with Crippen LogP contribution in [-0.4, -0.2) is 10.5 Å². The maximum atomic E-state index is 13.0. The molecular formula is C28H27NO4S. The molecule has 0 bridgehead atoms. The highest BCUT2D eigenvalue weighted by Gasteiger charge is 2.17. The highest BCUT2D eigenvalue weighted by atomic mass is 32.1. The first-order valence-electron chi connectivity index (χ1n) is 11.5. The van der Waals surface area contributed by atoms with E-state index in [1.54, 1.807) is 6.07 Å². The molecule has 4 rings (SSSR count). The van der Waals surface area contributed by atoms with Crippen LogP contribution in [0.4, 0.5) is 0 Å². The first-order chi connectivity index (χ1) is 16.7. The first kappa shape index (κ1) is 23.5. The predicted octanol–water partition coefficient (Wildman–Crippen LogP) is 6.51.